The van der Waals surface area contributed by atoms with Gasteiger partial charge in [0.2, 0.25) is 0 Å². The van der Waals surface area contributed by atoms with E-state index in [9.17, 15) is 9.59 Å². The fraction of sp³-hybridized carbons (Fsp3) is 0.444. The average Bonchev–Trinajstić information content (AvgIpc) is 2.89. The summed E-state index contributed by atoms with van der Waals surface area (Å²) in [6.07, 6.45) is 2.88. The average molecular weight is 330 g/mol. The number of hydrogen-bond acceptors (Lipinski definition) is 3. The van der Waals surface area contributed by atoms with Gasteiger partial charge in [-0.15, -0.1) is 0 Å². The van der Waals surface area contributed by atoms with Crippen molar-refractivity contribution in [1.29, 1.82) is 0 Å². The molecular weight excluding hydrogens is 304 g/mol. The molecule has 0 saturated carbocycles. The van der Waals surface area contributed by atoms with Crippen LogP contribution in [0.5, 0.6) is 0 Å². The first kappa shape index (κ1) is 18.0. The fourth-order valence-corrected chi connectivity index (χ4v) is 2.80. The van der Waals surface area contributed by atoms with Gasteiger partial charge >= 0.3 is 11.8 Å². The van der Waals surface area contributed by atoms with Crippen LogP contribution in [-0.4, -0.2) is 48.5 Å². The Morgan fingerprint density at radius 3 is 2.50 bits per heavy atom. The van der Waals surface area contributed by atoms with Crippen LogP contribution in [0.1, 0.15) is 24.9 Å². The topological polar surface area (TPSA) is 66.4 Å². The standard InChI is InChI=1S/C18H26N4O2/c1-5-10-19-17(23)18(24)20-11-16(21(2)3)14-12-22(4)15-9-7-6-8-13(14)15/h6-9,12,16H,5,10-11H2,1-4H3,(H,19,23)(H,20,24). The molecule has 24 heavy (non-hydrogen) atoms. The molecule has 0 bridgehead atoms. The summed E-state index contributed by atoms with van der Waals surface area (Å²) in [6.45, 7) is 2.83. The van der Waals surface area contributed by atoms with E-state index >= 15 is 0 Å². The second-order valence-corrected chi connectivity index (χ2v) is 6.16. The van der Waals surface area contributed by atoms with Crippen molar-refractivity contribution in [3.63, 3.8) is 0 Å². The highest BCUT2D eigenvalue weighted by Crippen LogP contribution is 2.28. The van der Waals surface area contributed by atoms with Gasteiger partial charge in [-0.3, -0.25) is 9.59 Å². The van der Waals surface area contributed by atoms with E-state index in [1.807, 2.05) is 45.1 Å². The first-order chi connectivity index (χ1) is 11.5. The van der Waals surface area contributed by atoms with E-state index in [-0.39, 0.29) is 6.04 Å². The quantitative estimate of drug-likeness (QED) is 0.787. The summed E-state index contributed by atoms with van der Waals surface area (Å²) >= 11 is 0. The molecule has 2 N–H and O–H groups in total. The minimum Gasteiger partial charge on any atom is -0.350 e. The fourth-order valence-electron chi connectivity index (χ4n) is 2.80. The predicted octanol–water partition coefficient (Wildman–Crippen LogP) is 1.42. The first-order valence-corrected chi connectivity index (χ1v) is 8.22. The Morgan fingerprint density at radius 1 is 1.17 bits per heavy atom. The molecule has 0 aliphatic rings. The maximum atomic E-state index is 11.9. The van der Waals surface area contributed by atoms with Crippen LogP contribution in [0, 0.1) is 0 Å². The molecule has 2 amide bonds. The van der Waals surface area contributed by atoms with Crippen molar-refractivity contribution in [2.45, 2.75) is 19.4 Å². The third-order valence-electron chi connectivity index (χ3n) is 4.11. The summed E-state index contributed by atoms with van der Waals surface area (Å²) in [6, 6.07) is 8.16. The Bertz CT molecular complexity index is 721. The summed E-state index contributed by atoms with van der Waals surface area (Å²) < 4.78 is 2.08. The van der Waals surface area contributed by atoms with Crippen molar-refractivity contribution in [2.75, 3.05) is 27.2 Å². The second-order valence-electron chi connectivity index (χ2n) is 6.16. The summed E-state index contributed by atoms with van der Waals surface area (Å²) in [7, 11) is 5.95. The Balaban J connectivity index is 2.15. The highest BCUT2D eigenvalue weighted by atomic mass is 16.2. The van der Waals surface area contributed by atoms with Crippen LogP contribution in [0.25, 0.3) is 10.9 Å². The van der Waals surface area contributed by atoms with Gasteiger partial charge in [-0.25, -0.2) is 0 Å². The van der Waals surface area contributed by atoms with Gasteiger partial charge in [0.05, 0.1) is 6.04 Å². The molecular formula is C18H26N4O2. The lowest BCUT2D eigenvalue weighted by Gasteiger charge is -2.24. The zero-order chi connectivity index (χ0) is 17.7. The Morgan fingerprint density at radius 2 is 1.83 bits per heavy atom. The maximum absolute atomic E-state index is 11.9. The smallest absolute Gasteiger partial charge is 0.309 e. The molecule has 1 unspecified atom stereocenters. The van der Waals surface area contributed by atoms with Crippen LogP contribution in [0.15, 0.2) is 30.5 Å². The molecule has 0 saturated heterocycles. The van der Waals surface area contributed by atoms with Gasteiger partial charge in [-0.2, -0.15) is 0 Å². The van der Waals surface area contributed by atoms with Gasteiger partial charge in [-0.05, 0) is 32.1 Å². The van der Waals surface area contributed by atoms with E-state index in [1.54, 1.807) is 0 Å². The van der Waals surface area contributed by atoms with Gasteiger partial charge < -0.3 is 20.1 Å². The molecule has 2 aromatic rings. The number of nitrogens with zero attached hydrogens (tertiary/aromatic N) is 2. The molecule has 6 heteroatoms. The monoisotopic (exact) mass is 330 g/mol. The zero-order valence-electron chi connectivity index (χ0n) is 14.8. The minimum absolute atomic E-state index is 0.0148. The van der Waals surface area contributed by atoms with Gasteiger partial charge in [0.15, 0.2) is 0 Å². The van der Waals surface area contributed by atoms with Gasteiger partial charge in [0.25, 0.3) is 0 Å². The lowest BCUT2D eigenvalue weighted by Crippen LogP contribution is -2.43. The molecule has 0 spiro atoms. The number of amides is 2. The lowest BCUT2D eigenvalue weighted by molar-refractivity contribution is -0.139. The van der Waals surface area contributed by atoms with E-state index in [0.717, 1.165) is 22.9 Å². The van der Waals surface area contributed by atoms with Gasteiger partial charge in [0.1, 0.15) is 0 Å². The largest absolute Gasteiger partial charge is 0.350 e. The van der Waals surface area contributed by atoms with Crippen LogP contribution in [0.3, 0.4) is 0 Å². The summed E-state index contributed by atoms with van der Waals surface area (Å²) in [5.74, 6) is -1.16. The normalized spacial score (nSPS) is 12.4. The number of fused-ring (bicyclic) bond motifs is 1. The first-order valence-electron chi connectivity index (χ1n) is 8.22. The van der Waals surface area contributed by atoms with Gasteiger partial charge in [0, 0.05) is 37.2 Å². The number of nitrogens with one attached hydrogen (secondary N) is 2. The van der Waals surface area contributed by atoms with Crippen molar-refractivity contribution in [2.24, 2.45) is 7.05 Å². The van der Waals surface area contributed by atoms with Crippen LogP contribution >= 0.6 is 0 Å². The molecule has 1 aromatic heterocycles. The van der Waals surface area contributed by atoms with Crippen molar-refractivity contribution in [3.8, 4) is 0 Å². The third kappa shape index (κ3) is 3.94. The third-order valence-corrected chi connectivity index (χ3v) is 4.11. The van der Waals surface area contributed by atoms with E-state index in [2.05, 4.69) is 33.5 Å². The number of benzene rings is 1. The molecule has 2 rings (SSSR count). The van der Waals surface area contributed by atoms with E-state index < -0.39 is 11.8 Å². The molecule has 130 valence electrons. The van der Waals surface area contributed by atoms with Crippen molar-refractivity contribution in [1.82, 2.24) is 20.1 Å². The summed E-state index contributed by atoms with van der Waals surface area (Å²) in [5.41, 5.74) is 2.28. The molecule has 0 fully saturated rings. The molecule has 1 heterocycles. The number of aryl methyl sites for hydroxylation is 1. The number of carbonyl (C=O) groups excluding carboxylic acids is 2. The number of likely N-dealkylation sites (N-methyl/N-ethyl adjacent to an activating group) is 1. The number of aromatic nitrogens is 1. The van der Waals surface area contributed by atoms with Crippen molar-refractivity contribution >= 4 is 22.7 Å². The number of carbonyl (C=O) groups is 2. The SMILES string of the molecule is CCCNC(=O)C(=O)NCC(c1cn(C)c2ccccc12)N(C)C. The van der Waals surface area contributed by atoms with E-state index in [0.29, 0.717) is 13.1 Å². The Kier molecular flexibility index (Phi) is 5.98. The molecule has 0 aliphatic heterocycles. The van der Waals surface area contributed by atoms with Gasteiger partial charge in [-0.1, -0.05) is 25.1 Å². The van der Waals surface area contributed by atoms with Crippen LogP contribution in [-0.2, 0) is 16.6 Å². The molecule has 0 radical (unpaired) electrons. The lowest BCUT2D eigenvalue weighted by atomic mass is 10.0. The highest BCUT2D eigenvalue weighted by Gasteiger charge is 2.21. The van der Waals surface area contributed by atoms with Crippen LogP contribution < -0.4 is 10.6 Å². The van der Waals surface area contributed by atoms with Crippen molar-refractivity contribution < 1.29 is 9.59 Å². The predicted molar refractivity (Wildman–Crippen MR) is 95.7 cm³/mol. The summed E-state index contributed by atoms with van der Waals surface area (Å²) in [4.78, 5) is 25.7. The summed E-state index contributed by atoms with van der Waals surface area (Å²) in [5, 5.41) is 6.49. The van der Waals surface area contributed by atoms with Crippen molar-refractivity contribution in [3.05, 3.63) is 36.0 Å². The highest BCUT2D eigenvalue weighted by molar-refractivity contribution is 6.35. The number of para-hydroxylation sites is 1. The Labute approximate surface area is 142 Å². The maximum Gasteiger partial charge on any atom is 0.309 e. The second kappa shape index (κ2) is 7.97. The molecule has 1 atom stereocenters. The molecule has 1 aromatic carbocycles. The molecule has 6 nitrogen and oxygen atoms in total. The van der Waals surface area contributed by atoms with E-state index in [1.165, 1.54) is 0 Å². The van der Waals surface area contributed by atoms with E-state index in [4.69, 9.17) is 0 Å². The van der Waals surface area contributed by atoms with Crippen LogP contribution in [0.4, 0.5) is 0 Å². The number of hydrogen-bond donors (Lipinski definition) is 2. The molecule has 0 aliphatic carbocycles. The minimum atomic E-state index is -0.587. The zero-order valence-corrected chi connectivity index (χ0v) is 14.8. The number of rotatable bonds is 6. The van der Waals surface area contributed by atoms with Crippen LogP contribution in [0.2, 0.25) is 0 Å². The Hall–Kier alpha value is -2.34.